The third-order valence-corrected chi connectivity index (χ3v) is 8.01. The zero-order chi connectivity index (χ0) is 23.1. The summed E-state index contributed by atoms with van der Waals surface area (Å²) >= 11 is 1.83. The number of nitrogens with one attached hydrogen (secondary N) is 1. The lowest BCUT2D eigenvalue weighted by molar-refractivity contribution is -0.357. The van der Waals surface area contributed by atoms with E-state index >= 15 is 0 Å². The lowest BCUT2D eigenvalue weighted by Crippen LogP contribution is -2.66. The predicted molar refractivity (Wildman–Crippen MR) is 142 cm³/mol. The van der Waals surface area contributed by atoms with E-state index in [1.54, 1.807) is 0 Å². The molecule has 0 aromatic heterocycles. The summed E-state index contributed by atoms with van der Waals surface area (Å²) in [7, 11) is 0. The van der Waals surface area contributed by atoms with E-state index in [1.165, 1.54) is 66.5 Å². The van der Waals surface area contributed by atoms with Crippen molar-refractivity contribution in [2.45, 2.75) is 71.6 Å². The number of hydrogen-bond donors (Lipinski definition) is 1. The summed E-state index contributed by atoms with van der Waals surface area (Å²) in [5.74, 6) is 0.723. The smallest absolute Gasteiger partial charge is 0.217 e. The number of rotatable bonds is 4. The van der Waals surface area contributed by atoms with Crippen LogP contribution in [0, 0.1) is 11.3 Å². The molecule has 1 unspecified atom stereocenters. The van der Waals surface area contributed by atoms with Crippen LogP contribution in [0.15, 0.2) is 47.0 Å². The van der Waals surface area contributed by atoms with Crippen LogP contribution in [0.4, 0.5) is 11.4 Å². The summed E-state index contributed by atoms with van der Waals surface area (Å²) in [5.41, 5.74) is 5.66. The van der Waals surface area contributed by atoms with Gasteiger partial charge in [-0.3, -0.25) is 0 Å². The number of thioether (sulfide) groups is 1. The van der Waals surface area contributed by atoms with Crippen molar-refractivity contribution >= 4 is 28.8 Å². The van der Waals surface area contributed by atoms with Crippen LogP contribution >= 0.6 is 11.8 Å². The van der Waals surface area contributed by atoms with Crippen molar-refractivity contribution < 1.29 is 4.99 Å². The summed E-state index contributed by atoms with van der Waals surface area (Å²) in [5, 5.41) is 0. The molecule has 1 aromatic rings. The summed E-state index contributed by atoms with van der Waals surface area (Å²) in [6.45, 7) is 15.9. The van der Waals surface area contributed by atoms with Gasteiger partial charge in [-0.05, 0) is 48.6 Å². The minimum atomic E-state index is 0.386. The van der Waals surface area contributed by atoms with Gasteiger partial charge in [0.25, 0.3) is 0 Å². The average Bonchev–Trinajstić information content (AvgIpc) is 2.98. The van der Waals surface area contributed by atoms with Crippen molar-refractivity contribution in [2.75, 3.05) is 37.3 Å². The zero-order valence-corrected chi connectivity index (χ0v) is 22.0. The molecule has 3 aliphatic rings. The third kappa shape index (κ3) is 6.01. The van der Waals surface area contributed by atoms with Crippen LogP contribution in [0.1, 0.15) is 66.7 Å². The van der Waals surface area contributed by atoms with Gasteiger partial charge < -0.3 is 9.80 Å². The summed E-state index contributed by atoms with van der Waals surface area (Å²) in [6, 6.07) is 6.93. The Labute approximate surface area is 201 Å². The average molecular weight is 455 g/mol. The molecule has 3 nitrogen and oxygen atoms in total. The molecular weight excluding hydrogens is 410 g/mol. The van der Waals surface area contributed by atoms with Crippen LogP contribution in [-0.2, 0) is 0 Å². The molecule has 0 spiro atoms. The molecule has 1 N–H and O–H groups in total. The van der Waals surface area contributed by atoms with Gasteiger partial charge in [0.15, 0.2) is 5.71 Å². The highest BCUT2D eigenvalue weighted by molar-refractivity contribution is 7.98. The normalized spacial score (nSPS) is 24.1. The largest absolute Gasteiger partial charge is 0.372 e. The molecule has 2 heterocycles. The van der Waals surface area contributed by atoms with Gasteiger partial charge in [-0.2, -0.15) is 0 Å². The Balaban J connectivity index is 0.00000141. The van der Waals surface area contributed by atoms with Crippen molar-refractivity contribution in [1.82, 2.24) is 4.90 Å². The van der Waals surface area contributed by atoms with Crippen LogP contribution in [-0.4, -0.2) is 43.0 Å². The fraction of sp³-hybridized carbons (Fsp3) is 0.607. The first-order chi connectivity index (χ1) is 15.5. The van der Waals surface area contributed by atoms with Crippen molar-refractivity contribution in [2.24, 2.45) is 11.3 Å². The summed E-state index contributed by atoms with van der Waals surface area (Å²) in [6.07, 6.45) is 15.6. The van der Waals surface area contributed by atoms with Gasteiger partial charge in [-0.25, -0.2) is 4.99 Å². The Morgan fingerprint density at radius 1 is 1.00 bits per heavy atom. The lowest BCUT2D eigenvalue weighted by atomic mass is 9.84. The molecule has 0 amide bonds. The van der Waals surface area contributed by atoms with E-state index in [0.717, 1.165) is 25.4 Å². The SMILES string of the molecule is CC.CSc1cc(N2CC(C)C(C)(C)C2)ccc1[NH+]=C1C=CC(N2CCCCCC2)=CC1. The Bertz CT molecular complexity index is 844. The number of anilines is 1. The number of likely N-dealkylation sites (tertiary alicyclic amines) is 1. The van der Waals surface area contributed by atoms with Crippen LogP contribution in [0.2, 0.25) is 0 Å². The van der Waals surface area contributed by atoms with Gasteiger partial charge in [0, 0.05) is 49.7 Å². The highest BCUT2D eigenvalue weighted by Crippen LogP contribution is 2.38. The van der Waals surface area contributed by atoms with E-state index in [1.807, 2.05) is 25.6 Å². The Hall–Kier alpha value is -1.68. The number of allylic oxidation sites excluding steroid dienone is 3. The molecule has 4 rings (SSSR count). The highest BCUT2D eigenvalue weighted by atomic mass is 32.2. The topological polar surface area (TPSA) is 20.5 Å². The molecule has 176 valence electrons. The molecule has 0 bridgehead atoms. The maximum absolute atomic E-state index is 3.71. The first-order valence-electron chi connectivity index (χ1n) is 12.7. The summed E-state index contributed by atoms with van der Waals surface area (Å²) in [4.78, 5) is 10.2. The maximum Gasteiger partial charge on any atom is 0.217 e. The quantitative estimate of drug-likeness (QED) is 0.582. The van der Waals surface area contributed by atoms with E-state index in [9.17, 15) is 0 Å². The number of hydrogen-bond acceptors (Lipinski definition) is 3. The van der Waals surface area contributed by atoms with Crippen molar-refractivity contribution in [3.05, 3.63) is 42.1 Å². The molecule has 1 aromatic carbocycles. The van der Waals surface area contributed by atoms with Gasteiger partial charge in [0.05, 0.1) is 11.3 Å². The van der Waals surface area contributed by atoms with Crippen molar-refractivity contribution in [1.29, 1.82) is 0 Å². The van der Waals surface area contributed by atoms with Crippen LogP contribution in [0.25, 0.3) is 0 Å². The summed E-state index contributed by atoms with van der Waals surface area (Å²) < 4.78 is 0. The first-order valence-corrected chi connectivity index (χ1v) is 13.9. The molecule has 0 saturated carbocycles. The second-order valence-electron chi connectivity index (χ2n) is 9.87. The van der Waals surface area contributed by atoms with Crippen LogP contribution in [0.5, 0.6) is 0 Å². The van der Waals surface area contributed by atoms with E-state index < -0.39 is 0 Å². The molecule has 2 fully saturated rings. The number of nitrogens with zero attached hydrogens (tertiary/aromatic N) is 2. The molecule has 4 heteroatoms. The molecule has 32 heavy (non-hydrogen) atoms. The number of benzene rings is 1. The first kappa shape index (κ1) is 25.0. The van der Waals surface area contributed by atoms with E-state index in [2.05, 4.69) is 78.2 Å². The fourth-order valence-corrected chi connectivity index (χ4v) is 5.41. The Morgan fingerprint density at radius 3 is 2.28 bits per heavy atom. The van der Waals surface area contributed by atoms with Gasteiger partial charge >= 0.3 is 0 Å². The van der Waals surface area contributed by atoms with Crippen LogP contribution < -0.4 is 9.89 Å². The molecule has 2 saturated heterocycles. The third-order valence-electron chi connectivity index (χ3n) is 7.23. The minimum absolute atomic E-state index is 0.386. The van der Waals surface area contributed by atoms with Crippen LogP contribution in [0.3, 0.4) is 0 Å². The second kappa shape index (κ2) is 11.4. The molecular formula is C28H44N3S+. The van der Waals surface area contributed by atoms with Crippen molar-refractivity contribution in [3.63, 3.8) is 0 Å². The van der Waals surface area contributed by atoms with E-state index in [-0.39, 0.29) is 0 Å². The van der Waals surface area contributed by atoms with Gasteiger partial charge in [-0.15, -0.1) is 11.8 Å². The molecule has 2 aliphatic heterocycles. The second-order valence-corrected chi connectivity index (χ2v) is 10.7. The monoisotopic (exact) mass is 454 g/mol. The zero-order valence-electron chi connectivity index (χ0n) is 21.2. The Kier molecular flexibility index (Phi) is 8.93. The van der Waals surface area contributed by atoms with E-state index in [0.29, 0.717) is 5.41 Å². The predicted octanol–water partition coefficient (Wildman–Crippen LogP) is 5.79. The highest BCUT2D eigenvalue weighted by Gasteiger charge is 2.36. The Morgan fingerprint density at radius 2 is 1.72 bits per heavy atom. The standard InChI is InChI=1S/C26H37N3S.C2H6/c1-20-18-29(19-26(20,2)3)23-13-14-24(25(17-23)30-4)27-21-9-11-22(12-10-21)28-15-7-5-6-8-16-28;1-2/h9,11-14,17,20H,5-8,10,15-16,18-19H2,1-4H3;1-2H3/p+1. The lowest BCUT2D eigenvalue weighted by Gasteiger charge is -2.25. The van der Waals surface area contributed by atoms with Gasteiger partial charge in [0.2, 0.25) is 5.69 Å². The van der Waals surface area contributed by atoms with E-state index in [4.69, 9.17) is 0 Å². The minimum Gasteiger partial charge on any atom is -0.372 e. The van der Waals surface area contributed by atoms with Gasteiger partial charge in [0.1, 0.15) is 0 Å². The fourth-order valence-electron chi connectivity index (χ4n) is 4.83. The van der Waals surface area contributed by atoms with Crippen molar-refractivity contribution in [3.8, 4) is 0 Å². The molecule has 0 radical (unpaired) electrons. The molecule has 1 atom stereocenters. The van der Waals surface area contributed by atoms with Gasteiger partial charge in [-0.1, -0.05) is 53.5 Å². The maximum atomic E-state index is 3.71. The molecule has 1 aliphatic carbocycles.